The first-order valence-corrected chi connectivity index (χ1v) is 8.09. The predicted octanol–water partition coefficient (Wildman–Crippen LogP) is 2.76. The van der Waals surface area contributed by atoms with Crippen LogP contribution in [0.25, 0.3) is 6.08 Å². The second-order valence-corrected chi connectivity index (χ2v) is 5.68. The Morgan fingerprint density at radius 1 is 1.26 bits per heavy atom. The molecule has 0 saturated carbocycles. The molecule has 27 heavy (non-hydrogen) atoms. The van der Waals surface area contributed by atoms with Crippen LogP contribution < -0.4 is 20.5 Å². The molecular formula is C19H16ClN3O4. The number of methoxy groups -OCH3 is 1. The Bertz CT molecular complexity index is 935. The Kier molecular flexibility index (Phi) is 6.80. The van der Waals surface area contributed by atoms with Gasteiger partial charge in [-0.15, -0.1) is 0 Å². The van der Waals surface area contributed by atoms with Crippen molar-refractivity contribution in [1.82, 2.24) is 0 Å². The molecule has 0 unspecified atom stereocenters. The Labute approximate surface area is 160 Å². The van der Waals surface area contributed by atoms with Gasteiger partial charge in [0.05, 0.1) is 17.8 Å². The SMILES string of the molecule is COc1cc(/C=C(\C#N)C(=O)Nc2ccccc2Cl)ccc1OCC(N)=O. The van der Waals surface area contributed by atoms with Crippen LogP contribution in [0, 0.1) is 11.3 Å². The molecular weight excluding hydrogens is 370 g/mol. The van der Waals surface area contributed by atoms with Crippen LogP contribution in [0.5, 0.6) is 11.5 Å². The van der Waals surface area contributed by atoms with Crippen LogP contribution >= 0.6 is 11.6 Å². The fourth-order valence-electron chi connectivity index (χ4n) is 2.11. The number of nitrogens with one attached hydrogen (secondary N) is 1. The zero-order valence-electron chi connectivity index (χ0n) is 14.4. The molecule has 0 fully saturated rings. The van der Waals surface area contributed by atoms with Gasteiger partial charge in [0, 0.05) is 0 Å². The molecule has 138 valence electrons. The largest absolute Gasteiger partial charge is 0.493 e. The highest BCUT2D eigenvalue weighted by Gasteiger charge is 2.12. The quantitative estimate of drug-likeness (QED) is 0.561. The summed E-state index contributed by atoms with van der Waals surface area (Å²) in [5, 5.41) is 12.3. The van der Waals surface area contributed by atoms with E-state index in [2.05, 4.69) is 5.32 Å². The molecule has 0 atom stereocenters. The minimum absolute atomic E-state index is 0.122. The number of nitrogens with zero attached hydrogens (tertiary/aromatic N) is 1. The van der Waals surface area contributed by atoms with Crippen LogP contribution in [0.1, 0.15) is 5.56 Å². The zero-order chi connectivity index (χ0) is 19.8. The van der Waals surface area contributed by atoms with E-state index in [1.807, 2.05) is 6.07 Å². The fraction of sp³-hybridized carbons (Fsp3) is 0.105. The van der Waals surface area contributed by atoms with Crippen LogP contribution in [-0.4, -0.2) is 25.5 Å². The molecule has 0 heterocycles. The number of nitrogens with two attached hydrogens (primary N) is 1. The molecule has 0 aliphatic rings. The molecule has 0 aliphatic heterocycles. The molecule has 0 spiro atoms. The lowest BCUT2D eigenvalue weighted by molar-refractivity contribution is -0.120. The number of nitriles is 1. The Balaban J connectivity index is 2.23. The van der Waals surface area contributed by atoms with Gasteiger partial charge in [-0.25, -0.2) is 0 Å². The third-order valence-electron chi connectivity index (χ3n) is 3.36. The van der Waals surface area contributed by atoms with Crippen molar-refractivity contribution >= 4 is 35.2 Å². The smallest absolute Gasteiger partial charge is 0.266 e. The van der Waals surface area contributed by atoms with E-state index in [1.165, 1.54) is 13.2 Å². The number of para-hydroxylation sites is 1. The summed E-state index contributed by atoms with van der Waals surface area (Å²) in [6, 6.07) is 13.3. The number of carbonyl (C=O) groups is 2. The minimum atomic E-state index is -0.621. The Hall–Kier alpha value is -3.50. The summed E-state index contributed by atoms with van der Waals surface area (Å²) >= 11 is 6.00. The van der Waals surface area contributed by atoms with Gasteiger partial charge in [-0.05, 0) is 35.9 Å². The molecule has 2 rings (SSSR count). The van der Waals surface area contributed by atoms with Crippen molar-refractivity contribution in [2.75, 3.05) is 19.0 Å². The van der Waals surface area contributed by atoms with E-state index in [1.54, 1.807) is 42.5 Å². The second kappa shape index (κ2) is 9.27. The average molecular weight is 386 g/mol. The molecule has 0 bridgehead atoms. The van der Waals surface area contributed by atoms with Crippen LogP contribution in [0.2, 0.25) is 5.02 Å². The number of carbonyl (C=O) groups excluding carboxylic acids is 2. The van der Waals surface area contributed by atoms with Gasteiger partial charge in [0.1, 0.15) is 11.6 Å². The van der Waals surface area contributed by atoms with E-state index in [-0.39, 0.29) is 12.2 Å². The molecule has 0 radical (unpaired) electrons. The molecule has 2 amide bonds. The number of benzene rings is 2. The molecule has 0 aliphatic carbocycles. The molecule has 2 aromatic carbocycles. The maximum Gasteiger partial charge on any atom is 0.266 e. The summed E-state index contributed by atoms with van der Waals surface area (Å²) in [6.07, 6.45) is 1.40. The number of ether oxygens (including phenoxy) is 2. The Morgan fingerprint density at radius 2 is 2.00 bits per heavy atom. The maximum atomic E-state index is 12.3. The van der Waals surface area contributed by atoms with Gasteiger partial charge in [0.15, 0.2) is 18.1 Å². The van der Waals surface area contributed by atoms with Crippen LogP contribution in [-0.2, 0) is 9.59 Å². The minimum Gasteiger partial charge on any atom is -0.493 e. The zero-order valence-corrected chi connectivity index (χ0v) is 15.1. The first-order valence-electron chi connectivity index (χ1n) is 7.71. The molecule has 8 heteroatoms. The number of hydrogen-bond acceptors (Lipinski definition) is 5. The topological polar surface area (TPSA) is 114 Å². The number of halogens is 1. The predicted molar refractivity (Wildman–Crippen MR) is 101 cm³/mol. The lowest BCUT2D eigenvalue weighted by atomic mass is 10.1. The molecule has 0 saturated heterocycles. The van der Waals surface area contributed by atoms with Crippen molar-refractivity contribution in [2.24, 2.45) is 5.73 Å². The van der Waals surface area contributed by atoms with E-state index in [0.29, 0.717) is 27.8 Å². The summed E-state index contributed by atoms with van der Waals surface area (Å²) in [5.41, 5.74) is 5.86. The van der Waals surface area contributed by atoms with Crippen molar-refractivity contribution in [3.05, 3.63) is 58.6 Å². The number of hydrogen-bond donors (Lipinski definition) is 2. The first kappa shape index (κ1) is 19.8. The normalized spacial score (nSPS) is 10.6. The number of amides is 2. The highest BCUT2D eigenvalue weighted by Crippen LogP contribution is 2.29. The third-order valence-corrected chi connectivity index (χ3v) is 3.69. The lowest BCUT2D eigenvalue weighted by Gasteiger charge is -2.10. The third kappa shape index (κ3) is 5.49. The number of primary amides is 1. The van der Waals surface area contributed by atoms with Gasteiger partial charge in [-0.2, -0.15) is 5.26 Å². The summed E-state index contributed by atoms with van der Waals surface area (Å²) in [4.78, 5) is 23.2. The standard InChI is InChI=1S/C19H16ClN3O4/c1-26-17-9-12(6-7-16(17)27-11-18(22)24)8-13(10-21)19(25)23-15-5-3-2-4-14(15)20/h2-9H,11H2,1H3,(H2,22,24)(H,23,25)/b13-8+. The van der Waals surface area contributed by atoms with E-state index in [4.69, 9.17) is 26.8 Å². The van der Waals surface area contributed by atoms with E-state index in [9.17, 15) is 14.9 Å². The molecule has 0 aromatic heterocycles. The van der Waals surface area contributed by atoms with Crippen molar-refractivity contribution in [1.29, 1.82) is 5.26 Å². The van der Waals surface area contributed by atoms with Crippen LogP contribution in [0.15, 0.2) is 48.0 Å². The van der Waals surface area contributed by atoms with Gasteiger partial charge < -0.3 is 20.5 Å². The van der Waals surface area contributed by atoms with Gasteiger partial charge in [0.25, 0.3) is 11.8 Å². The van der Waals surface area contributed by atoms with Gasteiger partial charge in [0.2, 0.25) is 0 Å². The summed E-state index contributed by atoms with van der Waals surface area (Å²) < 4.78 is 10.4. The second-order valence-electron chi connectivity index (χ2n) is 5.27. The van der Waals surface area contributed by atoms with Crippen molar-refractivity contribution in [3.63, 3.8) is 0 Å². The van der Waals surface area contributed by atoms with Crippen LogP contribution in [0.4, 0.5) is 5.69 Å². The lowest BCUT2D eigenvalue weighted by Crippen LogP contribution is -2.20. The maximum absolute atomic E-state index is 12.3. The molecule has 7 nitrogen and oxygen atoms in total. The molecule has 3 N–H and O–H groups in total. The average Bonchev–Trinajstić information content (AvgIpc) is 2.66. The monoisotopic (exact) mass is 385 g/mol. The van der Waals surface area contributed by atoms with Gasteiger partial charge in [-0.1, -0.05) is 29.8 Å². The first-order chi connectivity index (χ1) is 12.9. The molecule has 2 aromatic rings. The summed E-state index contributed by atoms with van der Waals surface area (Å²) in [6.45, 7) is -0.296. The van der Waals surface area contributed by atoms with Crippen LogP contribution in [0.3, 0.4) is 0 Å². The van der Waals surface area contributed by atoms with Crippen molar-refractivity contribution in [3.8, 4) is 17.6 Å². The van der Waals surface area contributed by atoms with E-state index in [0.717, 1.165) is 0 Å². The van der Waals surface area contributed by atoms with Gasteiger partial charge in [-0.3, -0.25) is 9.59 Å². The fourth-order valence-corrected chi connectivity index (χ4v) is 2.29. The van der Waals surface area contributed by atoms with Crippen molar-refractivity contribution in [2.45, 2.75) is 0 Å². The van der Waals surface area contributed by atoms with E-state index >= 15 is 0 Å². The highest BCUT2D eigenvalue weighted by molar-refractivity contribution is 6.34. The van der Waals surface area contributed by atoms with Crippen molar-refractivity contribution < 1.29 is 19.1 Å². The summed E-state index contributed by atoms with van der Waals surface area (Å²) in [7, 11) is 1.43. The van der Waals surface area contributed by atoms with Gasteiger partial charge >= 0.3 is 0 Å². The number of rotatable bonds is 7. The summed E-state index contributed by atoms with van der Waals surface area (Å²) in [5.74, 6) is -0.580. The Morgan fingerprint density at radius 3 is 2.63 bits per heavy atom. The number of anilines is 1. The highest BCUT2D eigenvalue weighted by atomic mass is 35.5. The van der Waals surface area contributed by atoms with E-state index < -0.39 is 11.8 Å².